The standard InChI is InChI=1S/C21H14O6/c22-16-10-14(25-12-17(16)23)11-26-21-19(24)15-8-4-5-9-18(15)27-20(21)13-6-2-1-3-7-13/h1-10,12,23H,11H2. The molecule has 0 aliphatic heterocycles. The van der Waals surface area contributed by atoms with Crippen molar-refractivity contribution in [3.63, 3.8) is 0 Å². The highest BCUT2D eigenvalue weighted by atomic mass is 16.5. The first-order valence-corrected chi connectivity index (χ1v) is 8.18. The largest absolute Gasteiger partial charge is 0.502 e. The van der Waals surface area contributed by atoms with Gasteiger partial charge < -0.3 is 18.7 Å². The third-order valence-corrected chi connectivity index (χ3v) is 4.02. The summed E-state index contributed by atoms with van der Waals surface area (Å²) in [6.45, 7) is -0.168. The molecule has 2 aromatic heterocycles. The molecule has 2 aromatic carbocycles. The number of hydrogen-bond donors (Lipinski definition) is 1. The van der Waals surface area contributed by atoms with Crippen LogP contribution >= 0.6 is 0 Å². The van der Waals surface area contributed by atoms with Crippen molar-refractivity contribution < 1.29 is 18.7 Å². The molecule has 134 valence electrons. The lowest BCUT2D eigenvalue weighted by Crippen LogP contribution is -2.11. The Morgan fingerprint density at radius 1 is 0.963 bits per heavy atom. The van der Waals surface area contributed by atoms with Crippen molar-refractivity contribution in [2.45, 2.75) is 6.61 Å². The van der Waals surface area contributed by atoms with E-state index in [-0.39, 0.29) is 23.5 Å². The first-order chi connectivity index (χ1) is 13.1. The van der Waals surface area contributed by atoms with E-state index < -0.39 is 11.2 Å². The Kier molecular flexibility index (Phi) is 4.22. The highest BCUT2D eigenvalue weighted by Crippen LogP contribution is 2.31. The van der Waals surface area contributed by atoms with E-state index in [9.17, 15) is 14.7 Å². The van der Waals surface area contributed by atoms with E-state index >= 15 is 0 Å². The molecule has 0 amide bonds. The van der Waals surface area contributed by atoms with E-state index in [1.807, 2.05) is 18.2 Å². The van der Waals surface area contributed by atoms with Crippen molar-refractivity contribution in [1.29, 1.82) is 0 Å². The molecule has 0 fully saturated rings. The van der Waals surface area contributed by atoms with E-state index in [2.05, 4.69) is 0 Å². The van der Waals surface area contributed by atoms with Crippen LogP contribution in [0, 0.1) is 0 Å². The van der Waals surface area contributed by atoms with Crippen LogP contribution in [0.4, 0.5) is 0 Å². The molecule has 0 unspecified atom stereocenters. The van der Waals surface area contributed by atoms with Crippen LogP contribution in [0.25, 0.3) is 22.3 Å². The van der Waals surface area contributed by atoms with Crippen molar-refractivity contribution in [2.75, 3.05) is 0 Å². The molecule has 6 nitrogen and oxygen atoms in total. The summed E-state index contributed by atoms with van der Waals surface area (Å²) in [6.07, 6.45) is 0.933. The third-order valence-electron chi connectivity index (χ3n) is 4.02. The molecule has 0 radical (unpaired) electrons. The van der Waals surface area contributed by atoms with Gasteiger partial charge in [-0.3, -0.25) is 9.59 Å². The molecule has 27 heavy (non-hydrogen) atoms. The maximum absolute atomic E-state index is 12.9. The Hall–Kier alpha value is -3.80. The summed E-state index contributed by atoms with van der Waals surface area (Å²) in [4.78, 5) is 24.5. The first kappa shape index (κ1) is 16.7. The lowest BCUT2D eigenvalue weighted by Gasteiger charge is -2.11. The van der Waals surface area contributed by atoms with Gasteiger partial charge in [0.15, 0.2) is 11.5 Å². The minimum absolute atomic E-state index is 0.0237. The number of para-hydroxylation sites is 1. The van der Waals surface area contributed by atoms with Crippen LogP contribution in [0.2, 0.25) is 0 Å². The lowest BCUT2D eigenvalue weighted by molar-refractivity contribution is 0.258. The second kappa shape index (κ2) is 6.84. The van der Waals surface area contributed by atoms with E-state index in [1.54, 1.807) is 36.4 Å². The molecule has 6 heteroatoms. The van der Waals surface area contributed by atoms with Gasteiger partial charge in [-0.2, -0.15) is 0 Å². The maximum atomic E-state index is 12.9. The van der Waals surface area contributed by atoms with Gasteiger partial charge in [-0.1, -0.05) is 42.5 Å². The summed E-state index contributed by atoms with van der Waals surface area (Å²) in [6, 6.07) is 17.1. The fraction of sp³-hybridized carbons (Fsp3) is 0.0476. The summed E-state index contributed by atoms with van der Waals surface area (Å²) in [5, 5.41) is 9.66. The van der Waals surface area contributed by atoms with Crippen molar-refractivity contribution in [2.24, 2.45) is 0 Å². The average Bonchev–Trinajstić information content (AvgIpc) is 2.70. The molecule has 0 atom stereocenters. The van der Waals surface area contributed by atoms with Gasteiger partial charge in [0.05, 0.1) is 5.39 Å². The zero-order valence-corrected chi connectivity index (χ0v) is 14.0. The third kappa shape index (κ3) is 3.20. The summed E-state index contributed by atoms with van der Waals surface area (Å²) >= 11 is 0. The molecule has 2 heterocycles. The number of aromatic hydroxyl groups is 1. The SMILES string of the molecule is O=c1cc(COc2c(-c3ccccc3)oc3ccccc3c2=O)occ1O. The van der Waals surface area contributed by atoms with Gasteiger partial charge >= 0.3 is 0 Å². The Bertz CT molecular complexity index is 1220. The molecule has 0 saturated heterocycles. The molecule has 0 saturated carbocycles. The number of fused-ring (bicyclic) bond motifs is 1. The Morgan fingerprint density at radius 3 is 2.48 bits per heavy atom. The maximum Gasteiger partial charge on any atom is 0.235 e. The zero-order chi connectivity index (χ0) is 18.8. The number of hydrogen-bond acceptors (Lipinski definition) is 6. The fourth-order valence-corrected chi connectivity index (χ4v) is 2.70. The predicted octanol–water partition coefficient (Wildman–Crippen LogP) is 3.70. The van der Waals surface area contributed by atoms with Crippen molar-refractivity contribution in [3.05, 3.63) is 93.1 Å². The zero-order valence-electron chi connectivity index (χ0n) is 14.0. The van der Waals surface area contributed by atoms with Crippen molar-refractivity contribution >= 4 is 11.0 Å². The van der Waals surface area contributed by atoms with Crippen LogP contribution in [0.5, 0.6) is 11.5 Å². The number of benzene rings is 2. The molecule has 4 aromatic rings. The topological polar surface area (TPSA) is 89.9 Å². The quantitative estimate of drug-likeness (QED) is 0.595. The van der Waals surface area contributed by atoms with Crippen molar-refractivity contribution in [1.82, 2.24) is 0 Å². The van der Waals surface area contributed by atoms with Crippen LogP contribution in [-0.4, -0.2) is 5.11 Å². The Labute approximate surface area is 152 Å². The normalized spacial score (nSPS) is 10.8. The van der Waals surface area contributed by atoms with E-state index in [0.717, 1.165) is 12.3 Å². The minimum atomic E-state index is -0.589. The van der Waals surface area contributed by atoms with Gasteiger partial charge in [-0.05, 0) is 12.1 Å². The van der Waals surface area contributed by atoms with Gasteiger partial charge in [-0.15, -0.1) is 0 Å². The average molecular weight is 362 g/mol. The highest BCUT2D eigenvalue weighted by Gasteiger charge is 2.18. The number of ether oxygens (including phenoxy) is 1. The smallest absolute Gasteiger partial charge is 0.235 e. The molecule has 0 spiro atoms. The Morgan fingerprint density at radius 2 is 1.70 bits per heavy atom. The Balaban J connectivity index is 1.82. The molecule has 0 aliphatic carbocycles. The summed E-state index contributed by atoms with van der Waals surface area (Å²) < 4.78 is 16.8. The summed E-state index contributed by atoms with van der Waals surface area (Å²) in [7, 11) is 0. The van der Waals surface area contributed by atoms with Gasteiger partial charge in [0.1, 0.15) is 24.2 Å². The molecule has 1 N–H and O–H groups in total. The predicted molar refractivity (Wildman–Crippen MR) is 98.9 cm³/mol. The summed E-state index contributed by atoms with van der Waals surface area (Å²) in [5.41, 5.74) is 0.220. The highest BCUT2D eigenvalue weighted by molar-refractivity contribution is 5.81. The van der Waals surface area contributed by atoms with Gasteiger partial charge in [0, 0.05) is 11.6 Å². The minimum Gasteiger partial charge on any atom is -0.502 e. The second-order valence-corrected chi connectivity index (χ2v) is 5.84. The molecule has 4 rings (SSSR count). The molecule has 0 aliphatic rings. The molecular weight excluding hydrogens is 348 g/mol. The van der Waals surface area contributed by atoms with Crippen LogP contribution < -0.4 is 15.6 Å². The summed E-state index contributed by atoms with van der Waals surface area (Å²) in [5.74, 6) is -0.00522. The van der Waals surface area contributed by atoms with Crippen LogP contribution in [-0.2, 0) is 6.61 Å². The first-order valence-electron chi connectivity index (χ1n) is 8.18. The number of rotatable bonds is 4. The van der Waals surface area contributed by atoms with E-state index in [0.29, 0.717) is 22.3 Å². The van der Waals surface area contributed by atoms with Gasteiger partial charge in [0.2, 0.25) is 16.6 Å². The van der Waals surface area contributed by atoms with Crippen LogP contribution in [0.15, 0.2) is 85.4 Å². The van der Waals surface area contributed by atoms with Crippen LogP contribution in [0.3, 0.4) is 0 Å². The van der Waals surface area contributed by atoms with E-state index in [4.69, 9.17) is 13.6 Å². The molecule has 0 bridgehead atoms. The monoisotopic (exact) mass is 362 g/mol. The molecular formula is C21H14O6. The fourth-order valence-electron chi connectivity index (χ4n) is 2.70. The lowest BCUT2D eigenvalue weighted by atomic mass is 10.1. The van der Waals surface area contributed by atoms with E-state index in [1.165, 1.54) is 0 Å². The van der Waals surface area contributed by atoms with Gasteiger partial charge in [0.25, 0.3) is 0 Å². The van der Waals surface area contributed by atoms with Crippen molar-refractivity contribution in [3.8, 4) is 22.8 Å². The van der Waals surface area contributed by atoms with Crippen LogP contribution in [0.1, 0.15) is 5.76 Å². The van der Waals surface area contributed by atoms with Gasteiger partial charge in [-0.25, -0.2) is 0 Å². The second-order valence-electron chi connectivity index (χ2n) is 5.84.